The highest BCUT2D eigenvalue weighted by molar-refractivity contribution is 7.97. The van der Waals surface area contributed by atoms with Crippen molar-refractivity contribution in [2.75, 3.05) is 20.2 Å². The third kappa shape index (κ3) is 10.0. The molecule has 4 rings (SSSR count). The summed E-state index contributed by atoms with van der Waals surface area (Å²) < 4.78 is 12.7. The molecule has 0 aromatic heterocycles. The predicted molar refractivity (Wildman–Crippen MR) is 159 cm³/mol. The fourth-order valence-corrected chi connectivity index (χ4v) is 5.00. The van der Waals surface area contributed by atoms with E-state index in [1.807, 2.05) is 45.0 Å². The molecule has 0 aliphatic carbocycles. The van der Waals surface area contributed by atoms with Crippen molar-refractivity contribution in [2.45, 2.75) is 50.2 Å². The van der Waals surface area contributed by atoms with Crippen LogP contribution >= 0.6 is 23.5 Å². The number of piperidine rings is 1. The van der Waals surface area contributed by atoms with E-state index in [2.05, 4.69) is 14.4 Å². The molecule has 0 spiro atoms. The first-order chi connectivity index (χ1) is 19.1. The number of carbonyl (C=O) groups is 3. The van der Waals surface area contributed by atoms with E-state index in [0.29, 0.717) is 27.8 Å². The topological polar surface area (TPSA) is 84.9 Å². The van der Waals surface area contributed by atoms with E-state index in [9.17, 15) is 14.4 Å². The highest BCUT2D eigenvalue weighted by atomic mass is 35.5. The fourth-order valence-electron chi connectivity index (χ4n) is 3.92. The second-order valence-corrected chi connectivity index (χ2v) is 11.8. The van der Waals surface area contributed by atoms with Gasteiger partial charge < -0.3 is 14.8 Å². The summed E-state index contributed by atoms with van der Waals surface area (Å²) in [5, 5.41) is 3.45. The summed E-state index contributed by atoms with van der Waals surface area (Å²) >= 11 is 7.49. The van der Waals surface area contributed by atoms with Gasteiger partial charge in [0.05, 0.1) is 12.7 Å². The number of hydrogen-bond donors (Lipinski definition) is 1. The van der Waals surface area contributed by atoms with E-state index >= 15 is 0 Å². The number of nitrogens with zero attached hydrogens (tertiary/aromatic N) is 1. The third-order valence-corrected chi connectivity index (χ3v) is 7.27. The van der Waals surface area contributed by atoms with Gasteiger partial charge in [-0.1, -0.05) is 11.6 Å². The average Bonchev–Trinajstić information content (AvgIpc) is 2.94. The van der Waals surface area contributed by atoms with Crippen LogP contribution in [-0.2, 0) is 9.53 Å². The van der Waals surface area contributed by atoms with Gasteiger partial charge in [0.15, 0.2) is 5.78 Å². The highest BCUT2D eigenvalue weighted by Gasteiger charge is 2.19. The Balaban J connectivity index is 0.000000220. The maximum atomic E-state index is 12.3. The van der Waals surface area contributed by atoms with Crippen molar-refractivity contribution in [3.63, 3.8) is 0 Å². The van der Waals surface area contributed by atoms with Crippen molar-refractivity contribution >= 4 is 41.7 Å². The summed E-state index contributed by atoms with van der Waals surface area (Å²) in [6.07, 6.45) is 2.71. The second kappa shape index (κ2) is 14.9. The molecule has 1 heterocycles. The molecule has 0 atom stereocenters. The van der Waals surface area contributed by atoms with Crippen LogP contribution < -0.4 is 10.1 Å². The summed E-state index contributed by atoms with van der Waals surface area (Å²) in [5.74, 6) is 0.413. The van der Waals surface area contributed by atoms with Crippen LogP contribution in [0.4, 0.5) is 0 Å². The van der Waals surface area contributed by atoms with Gasteiger partial charge in [-0.25, -0.2) is 9.10 Å². The van der Waals surface area contributed by atoms with E-state index in [-0.39, 0.29) is 17.4 Å². The number of hydrogen-bond acceptors (Lipinski definition) is 7. The summed E-state index contributed by atoms with van der Waals surface area (Å²) in [5.41, 5.74) is 1.57. The van der Waals surface area contributed by atoms with E-state index in [1.165, 1.54) is 7.11 Å². The van der Waals surface area contributed by atoms with Crippen LogP contribution in [0.15, 0.2) is 77.7 Å². The van der Waals surface area contributed by atoms with E-state index in [4.69, 9.17) is 16.3 Å². The number of ketones is 1. The molecule has 3 aromatic carbocycles. The predicted octanol–water partition coefficient (Wildman–Crippen LogP) is 6.44. The van der Waals surface area contributed by atoms with Crippen LogP contribution in [0.2, 0.25) is 5.02 Å². The minimum absolute atomic E-state index is 0.0241. The number of nitrogens with one attached hydrogen (secondary N) is 1. The molecule has 1 aliphatic rings. The number of amides is 1. The molecule has 0 radical (unpaired) electrons. The number of halogens is 1. The Morgan fingerprint density at radius 3 is 1.93 bits per heavy atom. The normalized spacial score (nSPS) is 13.9. The molecular formula is C31H35ClN2O5S. The average molecular weight is 583 g/mol. The maximum Gasteiger partial charge on any atom is 0.337 e. The Morgan fingerprint density at radius 1 is 0.900 bits per heavy atom. The lowest BCUT2D eigenvalue weighted by Gasteiger charge is -2.30. The Labute approximate surface area is 245 Å². The molecule has 212 valence electrons. The van der Waals surface area contributed by atoms with Crippen LogP contribution in [0.5, 0.6) is 5.75 Å². The van der Waals surface area contributed by atoms with Gasteiger partial charge in [0.1, 0.15) is 11.4 Å². The lowest BCUT2D eigenvalue weighted by atomic mass is 10.0. The van der Waals surface area contributed by atoms with Gasteiger partial charge in [0, 0.05) is 40.2 Å². The minimum atomic E-state index is -0.317. The summed E-state index contributed by atoms with van der Waals surface area (Å²) in [7, 11) is 1.38. The van der Waals surface area contributed by atoms with Gasteiger partial charge in [-0.2, -0.15) is 0 Å². The quantitative estimate of drug-likeness (QED) is 0.142. The number of carbonyl (C=O) groups excluding carboxylic acids is 3. The van der Waals surface area contributed by atoms with Crippen LogP contribution in [-0.4, -0.2) is 54.3 Å². The van der Waals surface area contributed by atoms with Crippen molar-refractivity contribution < 1.29 is 23.9 Å². The number of benzene rings is 3. The SMILES string of the molecule is CC(C)(C)Oc1ccc(C(=O)c2ccc(Cl)cc2)cc1.COC(=O)c1ccc(SN2CCC(NC=O)CC2)cc1. The van der Waals surface area contributed by atoms with Gasteiger partial charge in [-0.15, -0.1) is 0 Å². The summed E-state index contributed by atoms with van der Waals surface area (Å²) in [4.78, 5) is 35.1. The Morgan fingerprint density at radius 2 is 1.43 bits per heavy atom. The van der Waals surface area contributed by atoms with Crippen LogP contribution in [0.25, 0.3) is 0 Å². The number of esters is 1. The van der Waals surface area contributed by atoms with Crippen LogP contribution in [0.1, 0.15) is 59.9 Å². The van der Waals surface area contributed by atoms with Gasteiger partial charge in [0.25, 0.3) is 0 Å². The molecule has 0 bridgehead atoms. The molecule has 1 saturated heterocycles. The Kier molecular flexibility index (Phi) is 11.6. The molecule has 1 amide bonds. The molecule has 40 heavy (non-hydrogen) atoms. The summed E-state index contributed by atoms with van der Waals surface area (Å²) in [6.45, 7) is 7.84. The molecule has 0 unspecified atom stereocenters. The first-order valence-corrected chi connectivity index (χ1v) is 14.1. The molecular weight excluding hydrogens is 548 g/mol. The van der Waals surface area contributed by atoms with Crippen molar-refractivity contribution in [1.82, 2.24) is 9.62 Å². The molecule has 9 heteroatoms. The van der Waals surface area contributed by atoms with Crippen LogP contribution in [0, 0.1) is 0 Å². The second-order valence-electron chi connectivity index (χ2n) is 10.2. The third-order valence-electron chi connectivity index (χ3n) is 5.91. The molecule has 1 aliphatic heterocycles. The van der Waals surface area contributed by atoms with Crippen molar-refractivity contribution in [1.29, 1.82) is 0 Å². The summed E-state index contributed by atoms with van der Waals surface area (Å²) in [6, 6.07) is 21.7. The Bertz CT molecular complexity index is 1250. The largest absolute Gasteiger partial charge is 0.488 e. The molecule has 7 nitrogen and oxygen atoms in total. The van der Waals surface area contributed by atoms with Crippen molar-refractivity contribution in [3.05, 3.63) is 94.5 Å². The monoisotopic (exact) mass is 582 g/mol. The molecule has 0 saturated carbocycles. The fraction of sp³-hybridized carbons (Fsp3) is 0.323. The zero-order valence-corrected chi connectivity index (χ0v) is 24.8. The standard InChI is InChI=1S/C17H17ClO2.C14H18N2O3S/c1-17(2,3)20-15-10-6-13(7-11-15)16(19)12-4-8-14(18)9-5-12;1-19-14(18)11-2-4-13(5-3-11)20-16-8-6-12(7-9-16)15-10-17/h4-11H,1-3H3;2-5,10,12H,6-9H2,1H3,(H,15,17). The minimum Gasteiger partial charge on any atom is -0.488 e. The van der Waals surface area contributed by atoms with E-state index < -0.39 is 0 Å². The van der Waals surface area contributed by atoms with Gasteiger partial charge in [-0.3, -0.25) is 9.59 Å². The zero-order chi connectivity index (χ0) is 29.1. The van der Waals surface area contributed by atoms with Crippen molar-refractivity contribution in [3.8, 4) is 5.75 Å². The van der Waals surface area contributed by atoms with Gasteiger partial charge in [-0.05, 0) is 118 Å². The van der Waals surface area contributed by atoms with Gasteiger partial charge in [0.2, 0.25) is 6.41 Å². The first kappa shape index (κ1) is 31.2. The first-order valence-electron chi connectivity index (χ1n) is 13.0. The van der Waals surface area contributed by atoms with Gasteiger partial charge >= 0.3 is 5.97 Å². The smallest absolute Gasteiger partial charge is 0.337 e. The molecule has 1 N–H and O–H groups in total. The number of rotatable bonds is 8. The van der Waals surface area contributed by atoms with Crippen LogP contribution in [0.3, 0.4) is 0 Å². The number of methoxy groups -OCH3 is 1. The highest BCUT2D eigenvalue weighted by Crippen LogP contribution is 2.26. The lowest BCUT2D eigenvalue weighted by molar-refractivity contribution is -0.110. The Hall–Kier alpha value is -3.33. The maximum absolute atomic E-state index is 12.3. The zero-order valence-electron chi connectivity index (χ0n) is 23.2. The lowest BCUT2D eigenvalue weighted by Crippen LogP contribution is -2.39. The molecule has 3 aromatic rings. The molecule has 1 fully saturated rings. The van der Waals surface area contributed by atoms with E-state index in [1.54, 1.807) is 60.5 Å². The van der Waals surface area contributed by atoms with Crippen molar-refractivity contribution in [2.24, 2.45) is 0 Å². The number of ether oxygens (including phenoxy) is 2. The van der Waals surface area contributed by atoms with E-state index in [0.717, 1.165) is 43.0 Å².